The fraction of sp³-hybridized carbons (Fsp3) is 0.167. The standard InChI is InChI=1S/C18H14Cl2N2O5/c1-24-14-8-11(7-13(20)16(14)25-2)18(23)26-9-15-21-17(22-27-15)10-4-3-5-12(19)6-10/h3-8H,9H2,1-2H3. The van der Waals surface area contributed by atoms with Crippen molar-refractivity contribution >= 4 is 29.2 Å². The van der Waals surface area contributed by atoms with Gasteiger partial charge in [0.25, 0.3) is 5.89 Å². The Morgan fingerprint density at radius 2 is 1.96 bits per heavy atom. The van der Waals surface area contributed by atoms with Crippen molar-refractivity contribution in [2.45, 2.75) is 6.61 Å². The monoisotopic (exact) mass is 408 g/mol. The third-order valence-electron chi connectivity index (χ3n) is 3.55. The Hall–Kier alpha value is -2.77. The first-order valence-electron chi connectivity index (χ1n) is 7.69. The van der Waals surface area contributed by atoms with Crippen molar-refractivity contribution in [2.75, 3.05) is 14.2 Å². The number of aromatic nitrogens is 2. The molecule has 0 radical (unpaired) electrons. The number of nitrogens with zero attached hydrogens (tertiary/aromatic N) is 2. The van der Waals surface area contributed by atoms with Crippen LogP contribution in [0, 0.1) is 0 Å². The summed E-state index contributed by atoms with van der Waals surface area (Å²) < 4.78 is 20.6. The average Bonchev–Trinajstić information content (AvgIpc) is 3.14. The lowest BCUT2D eigenvalue weighted by Crippen LogP contribution is -2.06. The smallest absolute Gasteiger partial charge is 0.338 e. The maximum absolute atomic E-state index is 12.3. The normalized spacial score (nSPS) is 10.5. The highest BCUT2D eigenvalue weighted by molar-refractivity contribution is 6.32. The number of hydrogen-bond donors (Lipinski definition) is 0. The molecule has 140 valence electrons. The van der Waals surface area contributed by atoms with Crippen LogP contribution < -0.4 is 9.47 Å². The molecule has 0 saturated carbocycles. The summed E-state index contributed by atoms with van der Waals surface area (Å²) in [6.07, 6.45) is 0. The molecule has 0 saturated heterocycles. The second-order valence-corrected chi connectivity index (χ2v) is 6.14. The minimum Gasteiger partial charge on any atom is -0.493 e. The van der Waals surface area contributed by atoms with Gasteiger partial charge in [0.15, 0.2) is 18.1 Å². The van der Waals surface area contributed by atoms with E-state index in [0.717, 1.165) is 0 Å². The van der Waals surface area contributed by atoms with Crippen LogP contribution in [0.25, 0.3) is 11.4 Å². The Balaban J connectivity index is 1.70. The van der Waals surface area contributed by atoms with Gasteiger partial charge >= 0.3 is 5.97 Å². The van der Waals surface area contributed by atoms with E-state index in [0.29, 0.717) is 27.9 Å². The SMILES string of the molecule is COc1cc(C(=O)OCc2nc(-c3cccc(Cl)c3)no2)cc(Cl)c1OC. The van der Waals surface area contributed by atoms with Crippen LogP contribution in [-0.2, 0) is 11.3 Å². The van der Waals surface area contributed by atoms with E-state index in [2.05, 4.69) is 10.1 Å². The summed E-state index contributed by atoms with van der Waals surface area (Å²) in [6.45, 7) is -0.196. The van der Waals surface area contributed by atoms with Gasteiger partial charge in [-0.15, -0.1) is 0 Å². The summed E-state index contributed by atoms with van der Waals surface area (Å²) in [5.74, 6) is 0.514. The number of halogens is 2. The number of carbonyl (C=O) groups excluding carboxylic acids is 1. The molecule has 0 spiro atoms. The number of esters is 1. The number of hydrogen-bond acceptors (Lipinski definition) is 7. The Morgan fingerprint density at radius 3 is 2.67 bits per heavy atom. The quantitative estimate of drug-likeness (QED) is 0.558. The number of carbonyl (C=O) groups is 1. The lowest BCUT2D eigenvalue weighted by atomic mass is 10.2. The second-order valence-electron chi connectivity index (χ2n) is 5.29. The van der Waals surface area contributed by atoms with Crippen LogP contribution in [0.15, 0.2) is 40.9 Å². The first-order chi connectivity index (χ1) is 13.0. The van der Waals surface area contributed by atoms with Crippen molar-refractivity contribution in [1.29, 1.82) is 0 Å². The van der Waals surface area contributed by atoms with Crippen molar-refractivity contribution in [3.63, 3.8) is 0 Å². The number of benzene rings is 2. The fourth-order valence-corrected chi connectivity index (χ4v) is 2.78. The van der Waals surface area contributed by atoms with Crippen molar-refractivity contribution in [2.24, 2.45) is 0 Å². The highest BCUT2D eigenvalue weighted by Crippen LogP contribution is 2.36. The minimum atomic E-state index is -0.625. The van der Waals surface area contributed by atoms with Gasteiger partial charge in [-0.3, -0.25) is 0 Å². The van der Waals surface area contributed by atoms with Gasteiger partial charge in [-0.1, -0.05) is 40.5 Å². The molecule has 0 N–H and O–H groups in total. The summed E-state index contributed by atoms with van der Waals surface area (Å²) in [6, 6.07) is 9.90. The molecule has 1 heterocycles. The molecule has 3 aromatic rings. The molecule has 3 rings (SSSR count). The van der Waals surface area contributed by atoms with Crippen LogP contribution in [-0.4, -0.2) is 30.3 Å². The number of rotatable bonds is 6. The minimum absolute atomic E-state index is 0.143. The molecule has 27 heavy (non-hydrogen) atoms. The van der Waals surface area contributed by atoms with Crippen molar-refractivity contribution in [1.82, 2.24) is 10.1 Å². The van der Waals surface area contributed by atoms with Gasteiger partial charge in [0.1, 0.15) is 0 Å². The van der Waals surface area contributed by atoms with Gasteiger partial charge in [0, 0.05) is 10.6 Å². The summed E-state index contributed by atoms with van der Waals surface area (Å²) in [7, 11) is 2.90. The summed E-state index contributed by atoms with van der Waals surface area (Å²) in [4.78, 5) is 16.5. The lowest BCUT2D eigenvalue weighted by Gasteiger charge is -2.11. The second kappa shape index (κ2) is 8.28. The Bertz CT molecular complexity index is 974. The van der Waals surface area contributed by atoms with E-state index >= 15 is 0 Å². The molecule has 0 aliphatic carbocycles. The molecule has 0 fully saturated rings. The van der Waals surface area contributed by atoms with Crippen LogP contribution in [0.3, 0.4) is 0 Å². The molecule has 0 atom stereocenters. The molecule has 0 amide bonds. The van der Waals surface area contributed by atoms with Gasteiger partial charge in [-0.25, -0.2) is 4.79 Å². The zero-order chi connectivity index (χ0) is 19.4. The molecular weight excluding hydrogens is 395 g/mol. The van der Waals surface area contributed by atoms with Gasteiger partial charge in [0.05, 0.1) is 24.8 Å². The molecule has 0 bridgehead atoms. The summed E-state index contributed by atoms with van der Waals surface area (Å²) in [5, 5.41) is 4.63. The largest absolute Gasteiger partial charge is 0.493 e. The van der Waals surface area contributed by atoms with Crippen LogP contribution in [0.5, 0.6) is 11.5 Å². The maximum Gasteiger partial charge on any atom is 0.338 e. The van der Waals surface area contributed by atoms with Crippen LogP contribution in [0.2, 0.25) is 10.0 Å². The Morgan fingerprint density at radius 1 is 1.15 bits per heavy atom. The third kappa shape index (κ3) is 4.32. The van der Waals surface area contributed by atoms with Crippen molar-refractivity contribution in [3.05, 3.63) is 57.9 Å². The molecule has 2 aromatic carbocycles. The van der Waals surface area contributed by atoms with E-state index in [1.54, 1.807) is 24.3 Å². The highest BCUT2D eigenvalue weighted by atomic mass is 35.5. The van der Waals surface area contributed by atoms with Gasteiger partial charge in [-0.05, 0) is 24.3 Å². The fourth-order valence-electron chi connectivity index (χ4n) is 2.30. The zero-order valence-corrected chi connectivity index (χ0v) is 15.9. The van der Waals surface area contributed by atoms with Crippen molar-refractivity contribution in [3.8, 4) is 22.9 Å². The summed E-state index contributed by atoms with van der Waals surface area (Å²) >= 11 is 12.0. The highest BCUT2D eigenvalue weighted by Gasteiger charge is 2.17. The van der Waals surface area contributed by atoms with Gasteiger partial charge in [0.2, 0.25) is 5.82 Å². The first kappa shape index (κ1) is 19.0. The van der Waals surface area contributed by atoms with Gasteiger partial charge in [-0.2, -0.15) is 4.98 Å². The van der Waals surface area contributed by atoms with Crippen molar-refractivity contribution < 1.29 is 23.5 Å². The van der Waals surface area contributed by atoms with Crippen LogP contribution in [0.4, 0.5) is 0 Å². The third-order valence-corrected chi connectivity index (χ3v) is 4.06. The topological polar surface area (TPSA) is 83.7 Å². The lowest BCUT2D eigenvalue weighted by molar-refractivity contribution is 0.0429. The molecular formula is C18H14Cl2N2O5. The van der Waals surface area contributed by atoms with E-state index in [9.17, 15) is 4.79 Å². The van der Waals surface area contributed by atoms with Gasteiger partial charge < -0.3 is 18.7 Å². The molecule has 1 aromatic heterocycles. The van der Waals surface area contributed by atoms with E-state index in [-0.39, 0.29) is 23.1 Å². The molecule has 9 heteroatoms. The van der Waals surface area contributed by atoms with Crippen LogP contribution in [0.1, 0.15) is 16.2 Å². The first-order valence-corrected chi connectivity index (χ1v) is 8.44. The Labute approximate surface area is 164 Å². The number of methoxy groups -OCH3 is 2. The van der Waals surface area contributed by atoms with E-state index in [1.165, 1.54) is 26.4 Å². The predicted octanol–water partition coefficient (Wildman–Crippen LogP) is 4.42. The van der Waals surface area contributed by atoms with E-state index in [4.69, 9.17) is 41.9 Å². The molecule has 0 unspecified atom stereocenters. The van der Waals surface area contributed by atoms with Crippen LogP contribution >= 0.6 is 23.2 Å². The molecule has 0 aliphatic heterocycles. The predicted molar refractivity (Wildman–Crippen MR) is 98.4 cm³/mol. The average molecular weight is 409 g/mol. The van der Waals surface area contributed by atoms with E-state index in [1.807, 2.05) is 0 Å². The molecule has 7 nitrogen and oxygen atoms in total. The number of ether oxygens (including phenoxy) is 3. The molecule has 0 aliphatic rings. The summed E-state index contributed by atoms with van der Waals surface area (Å²) in [5.41, 5.74) is 0.891. The maximum atomic E-state index is 12.3. The zero-order valence-electron chi connectivity index (χ0n) is 14.4. The Kier molecular flexibility index (Phi) is 5.83. The van der Waals surface area contributed by atoms with E-state index < -0.39 is 5.97 Å².